The van der Waals surface area contributed by atoms with E-state index in [0.717, 1.165) is 12.8 Å². The fourth-order valence-electron chi connectivity index (χ4n) is 3.73. The molecule has 2 aromatic rings. The van der Waals surface area contributed by atoms with Gasteiger partial charge in [-0.2, -0.15) is 0 Å². The number of benzene rings is 2. The van der Waals surface area contributed by atoms with E-state index in [0.29, 0.717) is 0 Å². The Morgan fingerprint density at radius 3 is 1.80 bits per heavy atom. The predicted molar refractivity (Wildman–Crippen MR) is 105 cm³/mol. The minimum atomic E-state index is -2.97. The molecule has 2 aromatic carbocycles. The molecule has 124 valence electrons. The summed E-state index contributed by atoms with van der Waals surface area (Å²) in [7, 11) is 0. The minimum absolute atomic E-state index is 1.13. The zero-order chi connectivity index (χ0) is 17.0. The van der Waals surface area contributed by atoms with Crippen LogP contribution in [0.1, 0.15) is 24.0 Å². The first-order valence-corrected chi connectivity index (χ1v) is 16.3. The fourth-order valence-corrected chi connectivity index (χ4v) is 18.9. The van der Waals surface area contributed by atoms with E-state index in [1.807, 2.05) is 0 Å². The van der Waals surface area contributed by atoms with Gasteiger partial charge in [-0.05, 0) is 0 Å². The third-order valence-electron chi connectivity index (χ3n) is 4.97. The Hall–Kier alpha value is -1.99. The molecule has 0 heterocycles. The average molecular weight is 492 g/mol. The van der Waals surface area contributed by atoms with Crippen LogP contribution in [0.25, 0.3) is 0 Å². The van der Waals surface area contributed by atoms with Crippen molar-refractivity contribution in [3.8, 4) is 0 Å². The molecule has 0 aliphatic heterocycles. The molecule has 4 rings (SSSR count). The van der Waals surface area contributed by atoms with Gasteiger partial charge in [0.15, 0.2) is 0 Å². The van der Waals surface area contributed by atoms with Crippen molar-refractivity contribution < 1.29 is 16.7 Å². The van der Waals surface area contributed by atoms with Crippen molar-refractivity contribution in [2.75, 3.05) is 0 Å². The molecule has 2 aliphatic rings. The molecule has 0 radical (unpaired) electrons. The van der Waals surface area contributed by atoms with Crippen LogP contribution in [0.4, 0.5) is 0 Å². The van der Waals surface area contributed by atoms with Gasteiger partial charge in [-0.15, -0.1) is 0 Å². The second-order valence-electron chi connectivity index (χ2n) is 6.63. The first-order valence-electron chi connectivity index (χ1n) is 8.92. The number of hydrogen-bond donors (Lipinski definition) is 0. The zero-order valence-electron chi connectivity index (χ0n) is 14.4. The monoisotopic (exact) mass is 492 g/mol. The van der Waals surface area contributed by atoms with Gasteiger partial charge in [0.05, 0.1) is 0 Å². The van der Waals surface area contributed by atoms with Crippen LogP contribution in [-0.4, -0.2) is 4.23 Å². The SMILES string of the molecule is C1=CC[C]([Ta](=[CH]c2ccccc2)([CH2]c2ccccc2)[C]2=CC=CC2)=C1. The van der Waals surface area contributed by atoms with E-state index < -0.39 is 16.7 Å². The van der Waals surface area contributed by atoms with Gasteiger partial charge >= 0.3 is 154 Å². The average Bonchev–Trinajstić information content (AvgIpc) is 3.37. The van der Waals surface area contributed by atoms with Crippen molar-refractivity contribution in [1.82, 2.24) is 0 Å². The molecule has 0 aromatic heterocycles. The summed E-state index contributed by atoms with van der Waals surface area (Å²) in [6.45, 7) is 0. The van der Waals surface area contributed by atoms with Gasteiger partial charge in [-0.3, -0.25) is 0 Å². The summed E-state index contributed by atoms with van der Waals surface area (Å²) in [5, 5.41) is 0. The topological polar surface area (TPSA) is 0 Å². The molecule has 0 saturated heterocycles. The summed E-state index contributed by atoms with van der Waals surface area (Å²) in [5.74, 6) is 0. The van der Waals surface area contributed by atoms with Crippen LogP contribution in [0.15, 0.2) is 105 Å². The van der Waals surface area contributed by atoms with Gasteiger partial charge in [0.2, 0.25) is 0 Å². The predicted octanol–water partition coefficient (Wildman–Crippen LogP) is 5.88. The fraction of sp³-hybridized carbons (Fsp3) is 0.125. The summed E-state index contributed by atoms with van der Waals surface area (Å²) in [4.78, 5) is 0. The molecule has 25 heavy (non-hydrogen) atoms. The van der Waals surface area contributed by atoms with Crippen molar-refractivity contribution in [3.05, 3.63) is 116 Å². The van der Waals surface area contributed by atoms with Gasteiger partial charge < -0.3 is 0 Å². The summed E-state index contributed by atoms with van der Waals surface area (Å²) >= 11 is -2.97. The van der Waals surface area contributed by atoms with Crippen LogP contribution in [0, 0.1) is 0 Å². The zero-order valence-corrected chi connectivity index (χ0v) is 17.6. The molecule has 0 spiro atoms. The van der Waals surface area contributed by atoms with Crippen LogP contribution in [0.2, 0.25) is 0 Å². The third-order valence-corrected chi connectivity index (χ3v) is 20.5. The van der Waals surface area contributed by atoms with E-state index in [9.17, 15) is 0 Å². The first kappa shape index (κ1) is 16.5. The van der Waals surface area contributed by atoms with Crippen LogP contribution < -0.4 is 0 Å². The Kier molecular flexibility index (Phi) is 4.94. The molecule has 1 heteroatoms. The van der Waals surface area contributed by atoms with Crippen molar-refractivity contribution in [1.29, 1.82) is 0 Å². The standard InChI is InChI=1S/C7H7.C7H6.2C5H5.Ta/c2*1-7-5-3-2-4-6-7;2*1-2-4-5-3-1;/h2-6H,1H2;1-6H;2*1-3H,4H2;. The quantitative estimate of drug-likeness (QED) is 0.489. The maximum atomic E-state index is 2.70. The second-order valence-corrected chi connectivity index (χ2v) is 19.1. The van der Waals surface area contributed by atoms with E-state index in [4.69, 9.17) is 0 Å². The Morgan fingerprint density at radius 1 is 0.720 bits per heavy atom. The number of rotatable bonds is 5. The Morgan fingerprint density at radius 2 is 1.28 bits per heavy atom. The van der Waals surface area contributed by atoms with Crippen molar-refractivity contribution >= 4 is 4.23 Å². The summed E-state index contributed by atoms with van der Waals surface area (Å²) in [6.07, 6.45) is 16.3. The maximum absolute atomic E-state index is 2.97. The van der Waals surface area contributed by atoms with Crippen LogP contribution in [0.3, 0.4) is 0 Å². The summed E-state index contributed by atoms with van der Waals surface area (Å²) in [5.41, 5.74) is 2.87. The molecule has 0 N–H and O–H groups in total. The summed E-state index contributed by atoms with van der Waals surface area (Å²) in [6, 6.07) is 22.1. The number of allylic oxidation sites excluding steroid dienone is 8. The molecule has 0 nitrogen and oxygen atoms in total. The Labute approximate surface area is 153 Å². The molecule has 0 unspecified atom stereocenters. The van der Waals surface area contributed by atoms with Crippen LogP contribution in [-0.2, 0) is 21.3 Å². The Balaban J connectivity index is 1.90. The van der Waals surface area contributed by atoms with Gasteiger partial charge in [0.1, 0.15) is 0 Å². The van der Waals surface area contributed by atoms with E-state index in [2.05, 4.69) is 101 Å². The van der Waals surface area contributed by atoms with Gasteiger partial charge in [0.25, 0.3) is 0 Å². The first-order chi connectivity index (χ1) is 12.4. The molecular formula is C24H23Ta. The van der Waals surface area contributed by atoms with Crippen LogP contribution in [0.5, 0.6) is 0 Å². The molecular weight excluding hydrogens is 469 g/mol. The molecule has 0 saturated carbocycles. The third kappa shape index (κ3) is 3.52. The van der Waals surface area contributed by atoms with E-state index in [-0.39, 0.29) is 0 Å². The number of hydrogen-bond acceptors (Lipinski definition) is 0. The molecule has 0 atom stereocenters. The van der Waals surface area contributed by atoms with Crippen molar-refractivity contribution in [3.63, 3.8) is 0 Å². The van der Waals surface area contributed by atoms with E-state index in [1.165, 1.54) is 15.8 Å². The normalized spacial score (nSPS) is 16.0. The van der Waals surface area contributed by atoms with E-state index >= 15 is 0 Å². The summed E-state index contributed by atoms with van der Waals surface area (Å²) < 4.78 is 7.34. The van der Waals surface area contributed by atoms with Gasteiger partial charge in [-0.1, -0.05) is 0 Å². The molecule has 0 amide bonds. The van der Waals surface area contributed by atoms with Gasteiger partial charge in [-0.25, -0.2) is 0 Å². The Bertz CT molecular complexity index is 875. The second kappa shape index (κ2) is 7.49. The van der Waals surface area contributed by atoms with E-state index in [1.54, 1.807) is 7.58 Å². The van der Waals surface area contributed by atoms with Crippen molar-refractivity contribution in [2.45, 2.75) is 17.5 Å². The van der Waals surface area contributed by atoms with Crippen molar-refractivity contribution in [2.24, 2.45) is 0 Å². The molecule has 0 bridgehead atoms. The van der Waals surface area contributed by atoms with Crippen LogP contribution >= 0.6 is 0 Å². The molecule has 0 fully saturated rings. The molecule has 2 aliphatic carbocycles. The van der Waals surface area contributed by atoms with Gasteiger partial charge in [0, 0.05) is 0 Å².